The van der Waals surface area contributed by atoms with Crippen molar-refractivity contribution in [1.82, 2.24) is 10.2 Å². The van der Waals surface area contributed by atoms with Gasteiger partial charge in [-0.25, -0.2) is 9.79 Å². The highest BCUT2D eigenvalue weighted by Gasteiger charge is 2.40. The first kappa shape index (κ1) is 24.6. The summed E-state index contributed by atoms with van der Waals surface area (Å²) < 4.78 is 43.9. The zero-order valence-electron chi connectivity index (χ0n) is 18.9. The molecule has 182 valence electrons. The van der Waals surface area contributed by atoms with E-state index in [0.717, 1.165) is 17.7 Å². The van der Waals surface area contributed by atoms with Gasteiger partial charge in [-0.1, -0.05) is 54.2 Å². The van der Waals surface area contributed by atoms with Crippen LogP contribution in [0.4, 0.5) is 13.2 Å². The average Bonchev–Trinajstić information content (AvgIpc) is 3.23. The zero-order valence-corrected chi connectivity index (χ0v) is 19.7. The second kappa shape index (κ2) is 9.99. The number of nitrogens with one attached hydrogen (secondary N) is 1. The molecule has 0 saturated carbocycles. The molecule has 2 aliphatic heterocycles. The molecule has 1 atom stereocenters. The number of esters is 1. The summed E-state index contributed by atoms with van der Waals surface area (Å²) >= 11 is 1.34. The minimum absolute atomic E-state index is 0.0399. The average molecular weight is 502 g/mol. The van der Waals surface area contributed by atoms with Gasteiger partial charge in [-0.3, -0.25) is 4.79 Å². The third-order valence-corrected chi connectivity index (χ3v) is 6.50. The number of amidine groups is 1. The van der Waals surface area contributed by atoms with Crippen LogP contribution in [-0.2, 0) is 27.0 Å². The summed E-state index contributed by atoms with van der Waals surface area (Å²) in [6.45, 7) is 1.70. The summed E-state index contributed by atoms with van der Waals surface area (Å²) in [7, 11) is 1.31. The van der Waals surface area contributed by atoms with Gasteiger partial charge in [-0.05, 0) is 35.6 Å². The van der Waals surface area contributed by atoms with E-state index in [-0.39, 0.29) is 18.9 Å². The Morgan fingerprint density at radius 3 is 2.57 bits per heavy atom. The Bertz CT molecular complexity index is 1240. The maximum absolute atomic E-state index is 13.0. The molecule has 0 bridgehead atoms. The smallest absolute Gasteiger partial charge is 0.416 e. The van der Waals surface area contributed by atoms with Gasteiger partial charge in [0.15, 0.2) is 5.17 Å². The number of carbonyl (C=O) groups excluding carboxylic acids is 2. The number of alkyl halides is 3. The first-order valence-electron chi connectivity index (χ1n) is 10.7. The number of ether oxygens (including phenoxy) is 1. The van der Waals surface area contributed by atoms with Crippen molar-refractivity contribution in [3.63, 3.8) is 0 Å². The number of amides is 1. The van der Waals surface area contributed by atoms with E-state index in [9.17, 15) is 22.8 Å². The van der Waals surface area contributed by atoms with Gasteiger partial charge in [0.1, 0.15) is 0 Å². The van der Waals surface area contributed by atoms with Crippen molar-refractivity contribution in [3.8, 4) is 0 Å². The molecule has 2 aliphatic rings. The van der Waals surface area contributed by atoms with Crippen LogP contribution >= 0.6 is 11.8 Å². The number of methoxy groups -OCH3 is 1. The van der Waals surface area contributed by atoms with Gasteiger partial charge in [0.05, 0.1) is 36.4 Å². The predicted molar refractivity (Wildman–Crippen MR) is 127 cm³/mol. The minimum Gasteiger partial charge on any atom is -0.466 e. The Kier molecular flexibility index (Phi) is 7.02. The molecule has 2 aromatic carbocycles. The van der Waals surface area contributed by atoms with Crippen LogP contribution in [-0.4, -0.2) is 29.1 Å². The lowest BCUT2D eigenvalue weighted by Crippen LogP contribution is -2.37. The fraction of sp³-hybridized carbons (Fsp3) is 0.240. The largest absolute Gasteiger partial charge is 0.466 e. The Balaban J connectivity index is 1.53. The Hall–Kier alpha value is -3.53. The molecule has 0 saturated heterocycles. The summed E-state index contributed by atoms with van der Waals surface area (Å²) in [5.74, 6) is -0.877. The molecule has 10 heteroatoms. The van der Waals surface area contributed by atoms with Gasteiger partial charge >= 0.3 is 12.1 Å². The number of fused-ring (bicyclic) bond motifs is 1. The Labute approximate surface area is 204 Å². The molecule has 0 aromatic heterocycles. The van der Waals surface area contributed by atoms with Gasteiger partial charge in [-0.2, -0.15) is 13.2 Å². The number of hydrogen-bond donors (Lipinski definition) is 1. The number of rotatable bonds is 6. The molecule has 0 radical (unpaired) electrons. The van der Waals surface area contributed by atoms with E-state index in [4.69, 9.17) is 4.74 Å². The van der Waals surface area contributed by atoms with Crippen LogP contribution in [0.1, 0.15) is 36.1 Å². The number of allylic oxidation sites excluding steroid dienone is 1. The molecule has 0 aliphatic carbocycles. The van der Waals surface area contributed by atoms with Gasteiger partial charge in [0.25, 0.3) is 0 Å². The lowest BCUT2D eigenvalue weighted by atomic mass is 9.94. The van der Waals surface area contributed by atoms with E-state index in [1.807, 2.05) is 35.2 Å². The summed E-state index contributed by atoms with van der Waals surface area (Å²) in [5, 5.41) is 5.11. The molecule has 0 fully saturated rings. The number of hydrogen-bond acceptors (Lipinski definition) is 6. The van der Waals surface area contributed by atoms with Crippen molar-refractivity contribution in [3.05, 3.63) is 93.7 Å². The molecule has 4 rings (SSSR count). The van der Waals surface area contributed by atoms with Crippen molar-refractivity contribution >= 4 is 28.8 Å². The summed E-state index contributed by atoms with van der Waals surface area (Å²) in [6.07, 6.45) is -4.49. The molecule has 1 N–H and O–H groups in total. The monoisotopic (exact) mass is 501 g/mol. The van der Waals surface area contributed by atoms with Crippen molar-refractivity contribution in [2.45, 2.75) is 32.1 Å². The second-order valence-electron chi connectivity index (χ2n) is 7.95. The predicted octanol–water partition coefficient (Wildman–Crippen LogP) is 5.16. The van der Waals surface area contributed by atoms with Crippen LogP contribution in [0.2, 0.25) is 0 Å². The second-order valence-corrected chi connectivity index (χ2v) is 8.78. The van der Waals surface area contributed by atoms with E-state index in [0.29, 0.717) is 27.7 Å². The molecule has 2 aromatic rings. The number of halogens is 3. The number of aliphatic imine (C=N–C) groups is 1. The molecule has 1 amide bonds. The summed E-state index contributed by atoms with van der Waals surface area (Å²) in [6, 6.07) is 13.7. The van der Waals surface area contributed by atoms with Crippen molar-refractivity contribution in [2.24, 2.45) is 4.99 Å². The molecule has 35 heavy (non-hydrogen) atoms. The number of thioether (sulfide) groups is 1. The minimum atomic E-state index is -4.45. The highest BCUT2D eigenvalue weighted by molar-refractivity contribution is 8.16. The standard InChI is InChI=1S/C25H22F3N3O3S/c1-15-21(23(33)34-2)22(17-8-4-3-5-9-17)31-19(14-35-24(31)30-15)12-20(32)29-13-16-7-6-10-18(11-16)25(26,27)28/h3-11,14,22H,12-13H2,1-2H3,(H,29,32). The lowest BCUT2D eigenvalue weighted by Gasteiger charge is -2.36. The Morgan fingerprint density at radius 2 is 1.89 bits per heavy atom. The van der Waals surface area contributed by atoms with Crippen molar-refractivity contribution in [1.29, 1.82) is 0 Å². The maximum atomic E-state index is 13.0. The fourth-order valence-electron chi connectivity index (χ4n) is 3.98. The van der Waals surface area contributed by atoms with Gasteiger partial charge in [0.2, 0.25) is 5.91 Å². The fourth-order valence-corrected chi connectivity index (χ4v) is 4.94. The maximum Gasteiger partial charge on any atom is 0.416 e. The highest BCUT2D eigenvalue weighted by Crippen LogP contribution is 2.44. The van der Waals surface area contributed by atoms with E-state index in [2.05, 4.69) is 10.3 Å². The van der Waals surface area contributed by atoms with Gasteiger partial charge in [-0.15, -0.1) is 0 Å². The number of carbonyl (C=O) groups is 2. The lowest BCUT2D eigenvalue weighted by molar-refractivity contribution is -0.138. The molecular weight excluding hydrogens is 479 g/mol. The van der Waals surface area contributed by atoms with Gasteiger partial charge in [0, 0.05) is 12.2 Å². The Morgan fingerprint density at radius 1 is 1.14 bits per heavy atom. The molecule has 0 spiro atoms. The first-order valence-corrected chi connectivity index (χ1v) is 11.6. The van der Waals surface area contributed by atoms with Crippen LogP contribution in [0.25, 0.3) is 0 Å². The van der Waals surface area contributed by atoms with E-state index in [1.54, 1.807) is 12.3 Å². The van der Waals surface area contributed by atoms with E-state index < -0.39 is 23.8 Å². The van der Waals surface area contributed by atoms with Crippen LogP contribution < -0.4 is 5.32 Å². The van der Waals surface area contributed by atoms with Crippen LogP contribution in [0.15, 0.2) is 82.0 Å². The molecule has 6 nitrogen and oxygen atoms in total. The first-order chi connectivity index (χ1) is 16.7. The van der Waals surface area contributed by atoms with Crippen LogP contribution in [0.5, 0.6) is 0 Å². The number of benzene rings is 2. The van der Waals surface area contributed by atoms with Gasteiger partial charge < -0.3 is 15.0 Å². The topological polar surface area (TPSA) is 71.0 Å². The number of nitrogens with zero attached hydrogens (tertiary/aromatic N) is 2. The van der Waals surface area contributed by atoms with Crippen LogP contribution in [0, 0.1) is 0 Å². The van der Waals surface area contributed by atoms with E-state index in [1.165, 1.54) is 31.0 Å². The van der Waals surface area contributed by atoms with E-state index >= 15 is 0 Å². The molecule has 2 heterocycles. The highest BCUT2D eigenvalue weighted by atomic mass is 32.2. The van der Waals surface area contributed by atoms with Crippen molar-refractivity contribution < 1.29 is 27.5 Å². The van der Waals surface area contributed by atoms with Crippen LogP contribution in [0.3, 0.4) is 0 Å². The molecular formula is C25H22F3N3O3S. The molecule has 1 unspecified atom stereocenters. The summed E-state index contributed by atoms with van der Waals surface area (Å²) in [4.78, 5) is 31.8. The third-order valence-electron chi connectivity index (χ3n) is 5.61. The van der Waals surface area contributed by atoms with Crippen molar-refractivity contribution in [2.75, 3.05) is 7.11 Å². The third kappa shape index (κ3) is 5.27. The SMILES string of the molecule is COC(=O)C1=C(C)N=C2SC=C(CC(=O)NCc3cccc(C(F)(F)F)c3)N2C1c1ccccc1. The normalized spacial score (nSPS) is 17.5. The zero-order chi connectivity index (χ0) is 25.2. The summed E-state index contributed by atoms with van der Waals surface area (Å²) in [5.41, 5.74) is 1.94. The quantitative estimate of drug-likeness (QED) is 0.554.